The first kappa shape index (κ1) is 17.8. The van der Waals surface area contributed by atoms with E-state index in [9.17, 15) is 18.4 Å². The Morgan fingerprint density at radius 2 is 1.96 bits per heavy atom. The SMILES string of the molecule is CCN1CCC2(CN(C(=O)Cc3ccccc3C)CC(F)(F)C2)C1=O. The van der Waals surface area contributed by atoms with Gasteiger partial charge in [-0.3, -0.25) is 9.59 Å². The van der Waals surface area contributed by atoms with Crippen LogP contribution in [0.4, 0.5) is 8.78 Å². The number of carbonyl (C=O) groups excluding carboxylic acids is 2. The molecule has 2 heterocycles. The zero-order chi connectivity index (χ0) is 18.2. The lowest BCUT2D eigenvalue weighted by molar-refractivity contribution is -0.162. The van der Waals surface area contributed by atoms with Gasteiger partial charge >= 0.3 is 0 Å². The number of piperidine rings is 1. The third kappa shape index (κ3) is 3.39. The number of halogens is 2. The van der Waals surface area contributed by atoms with Crippen LogP contribution >= 0.6 is 0 Å². The van der Waals surface area contributed by atoms with Gasteiger partial charge in [0, 0.05) is 26.1 Å². The summed E-state index contributed by atoms with van der Waals surface area (Å²) in [4.78, 5) is 28.1. The van der Waals surface area contributed by atoms with Gasteiger partial charge in [-0.15, -0.1) is 0 Å². The van der Waals surface area contributed by atoms with Crippen LogP contribution in [0, 0.1) is 12.3 Å². The first-order valence-electron chi connectivity index (χ1n) is 8.76. The average Bonchev–Trinajstić information content (AvgIpc) is 2.83. The first-order valence-corrected chi connectivity index (χ1v) is 8.76. The smallest absolute Gasteiger partial charge is 0.266 e. The molecule has 0 aromatic heterocycles. The van der Waals surface area contributed by atoms with Crippen molar-refractivity contribution < 1.29 is 18.4 Å². The van der Waals surface area contributed by atoms with E-state index in [1.54, 1.807) is 4.90 Å². The number of nitrogens with zero attached hydrogens (tertiary/aromatic N) is 2. The van der Waals surface area contributed by atoms with E-state index in [1.165, 1.54) is 4.90 Å². The van der Waals surface area contributed by atoms with Crippen LogP contribution in [0.3, 0.4) is 0 Å². The Kier molecular flexibility index (Phi) is 4.56. The third-order valence-electron chi connectivity index (χ3n) is 5.45. The zero-order valence-corrected chi connectivity index (χ0v) is 14.7. The molecule has 2 aliphatic heterocycles. The maximum atomic E-state index is 14.4. The molecule has 0 saturated carbocycles. The maximum Gasteiger partial charge on any atom is 0.266 e. The van der Waals surface area contributed by atoms with Crippen LogP contribution in [-0.2, 0) is 16.0 Å². The fourth-order valence-electron chi connectivity index (χ4n) is 4.07. The fraction of sp³-hybridized carbons (Fsp3) is 0.579. The van der Waals surface area contributed by atoms with E-state index in [0.717, 1.165) is 11.1 Å². The largest absolute Gasteiger partial charge is 0.342 e. The van der Waals surface area contributed by atoms with Gasteiger partial charge in [0.25, 0.3) is 5.92 Å². The summed E-state index contributed by atoms with van der Waals surface area (Å²) in [6, 6.07) is 7.45. The molecule has 6 heteroatoms. The molecule has 1 aromatic carbocycles. The van der Waals surface area contributed by atoms with Crippen LogP contribution in [0.25, 0.3) is 0 Å². The van der Waals surface area contributed by atoms with Crippen molar-refractivity contribution in [2.75, 3.05) is 26.2 Å². The zero-order valence-electron chi connectivity index (χ0n) is 14.7. The van der Waals surface area contributed by atoms with E-state index in [0.29, 0.717) is 19.5 Å². The minimum atomic E-state index is -3.03. The highest BCUT2D eigenvalue weighted by molar-refractivity contribution is 5.87. The summed E-state index contributed by atoms with van der Waals surface area (Å²) in [5.74, 6) is -3.60. The topological polar surface area (TPSA) is 40.6 Å². The number of benzene rings is 1. The second-order valence-electron chi connectivity index (χ2n) is 7.30. The third-order valence-corrected chi connectivity index (χ3v) is 5.45. The highest BCUT2D eigenvalue weighted by Gasteiger charge is 2.57. The van der Waals surface area contributed by atoms with Crippen LogP contribution in [0.15, 0.2) is 24.3 Å². The van der Waals surface area contributed by atoms with Crippen molar-refractivity contribution in [2.24, 2.45) is 5.41 Å². The monoisotopic (exact) mass is 350 g/mol. The van der Waals surface area contributed by atoms with Gasteiger partial charge in [-0.05, 0) is 31.4 Å². The predicted octanol–water partition coefficient (Wildman–Crippen LogP) is 2.64. The number of rotatable bonds is 3. The number of aryl methyl sites for hydroxylation is 1. The summed E-state index contributed by atoms with van der Waals surface area (Å²) >= 11 is 0. The van der Waals surface area contributed by atoms with Gasteiger partial charge in [-0.25, -0.2) is 8.78 Å². The summed E-state index contributed by atoms with van der Waals surface area (Å²) in [7, 11) is 0. The number of alkyl halides is 2. The molecule has 2 saturated heterocycles. The molecule has 1 unspecified atom stereocenters. The standard InChI is InChI=1S/C19H24F2N2O2/c1-3-22-9-8-18(17(22)25)11-19(20,21)13-23(12-18)16(24)10-15-7-5-4-6-14(15)2/h4-7H,3,8-13H2,1-2H3. The number of carbonyl (C=O) groups is 2. The molecule has 1 aromatic rings. The molecule has 0 aliphatic carbocycles. The molecular weight excluding hydrogens is 326 g/mol. The van der Waals surface area contributed by atoms with Crippen LogP contribution < -0.4 is 0 Å². The Bertz CT molecular complexity index is 692. The van der Waals surface area contributed by atoms with Crippen LogP contribution in [0.5, 0.6) is 0 Å². The minimum absolute atomic E-state index is 0.0878. The maximum absolute atomic E-state index is 14.4. The van der Waals surface area contributed by atoms with Crippen molar-refractivity contribution in [3.63, 3.8) is 0 Å². The van der Waals surface area contributed by atoms with Crippen molar-refractivity contribution >= 4 is 11.8 Å². The Balaban J connectivity index is 1.81. The summed E-state index contributed by atoms with van der Waals surface area (Å²) in [5.41, 5.74) is 0.672. The van der Waals surface area contributed by atoms with Gasteiger partial charge < -0.3 is 9.80 Å². The molecule has 0 N–H and O–H groups in total. The molecule has 1 spiro atoms. The van der Waals surface area contributed by atoms with Crippen LogP contribution in [0.2, 0.25) is 0 Å². The molecular formula is C19H24F2N2O2. The highest BCUT2D eigenvalue weighted by atomic mass is 19.3. The predicted molar refractivity (Wildman–Crippen MR) is 90.3 cm³/mol. The first-order chi connectivity index (χ1) is 11.8. The lowest BCUT2D eigenvalue weighted by Crippen LogP contribution is -2.57. The Morgan fingerprint density at radius 3 is 2.60 bits per heavy atom. The van der Waals surface area contributed by atoms with Crippen molar-refractivity contribution in [3.05, 3.63) is 35.4 Å². The number of likely N-dealkylation sites (tertiary alicyclic amines) is 2. The van der Waals surface area contributed by atoms with Gasteiger partial charge in [0.05, 0.1) is 18.4 Å². The normalized spacial score (nSPS) is 25.7. The van der Waals surface area contributed by atoms with E-state index >= 15 is 0 Å². The second-order valence-corrected chi connectivity index (χ2v) is 7.30. The van der Waals surface area contributed by atoms with Gasteiger partial charge in [0.15, 0.2) is 0 Å². The lowest BCUT2D eigenvalue weighted by atomic mass is 9.76. The molecule has 3 rings (SSSR count). The minimum Gasteiger partial charge on any atom is -0.342 e. The molecule has 2 amide bonds. The fourth-order valence-corrected chi connectivity index (χ4v) is 4.07. The van der Waals surface area contributed by atoms with E-state index in [-0.39, 0.29) is 24.8 Å². The highest BCUT2D eigenvalue weighted by Crippen LogP contribution is 2.45. The van der Waals surface area contributed by atoms with Crippen molar-refractivity contribution in [1.29, 1.82) is 0 Å². The van der Waals surface area contributed by atoms with Crippen molar-refractivity contribution in [3.8, 4) is 0 Å². The second kappa shape index (κ2) is 6.39. The van der Waals surface area contributed by atoms with Gasteiger partial charge in [0.2, 0.25) is 11.8 Å². The Labute approximate surface area is 146 Å². The summed E-state index contributed by atoms with van der Waals surface area (Å²) in [6.07, 6.45) is 0.0252. The average molecular weight is 350 g/mol. The Morgan fingerprint density at radius 1 is 1.24 bits per heavy atom. The van der Waals surface area contributed by atoms with Gasteiger partial charge in [0.1, 0.15) is 0 Å². The van der Waals surface area contributed by atoms with Crippen LogP contribution in [-0.4, -0.2) is 53.7 Å². The molecule has 4 nitrogen and oxygen atoms in total. The Hall–Kier alpha value is -1.98. The van der Waals surface area contributed by atoms with E-state index in [1.807, 2.05) is 38.1 Å². The van der Waals surface area contributed by atoms with E-state index in [2.05, 4.69) is 0 Å². The quantitative estimate of drug-likeness (QED) is 0.841. The summed E-state index contributed by atoms with van der Waals surface area (Å²) < 4.78 is 28.7. The van der Waals surface area contributed by atoms with Crippen LogP contribution in [0.1, 0.15) is 30.9 Å². The van der Waals surface area contributed by atoms with Crippen molar-refractivity contribution in [2.45, 2.75) is 39.0 Å². The summed E-state index contributed by atoms with van der Waals surface area (Å²) in [6.45, 7) is 4.25. The lowest BCUT2D eigenvalue weighted by Gasteiger charge is -2.43. The van der Waals surface area contributed by atoms with Gasteiger partial charge in [-0.2, -0.15) is 0 Å². The summed E-state index contributed by atoms with van der Waals surface area (Å²) in [5, 5.41) is 0. The molecule has 2 fully saturated rings. The molecule has 2 aliphatic rings. The molecule has 0 radical (unpaired) electrons. The number of amides is 2. The van der Waals surface area contributed by atoms with Crippen molar-refractivity contribution in [1.82, 2.24) is 9.80 Å². The number of hydrogen-bond donors (Lipinski definition) is 0. The van der Waals surface area contributed by atoms with E-state index in [4.69, 9.17) is 0 Å². The molecule has 0 bridgehead atoms. The van der Waals surface area contributed by atoms with Gasteiger partial charge in [-0.1, -0.05) is 24.3 Å². The molecule has 25 heavy (non-hydrogen) atoms. The van der Waals surface area contributed by atoms with E-state index < -0.39 is 24.3 Å². The number of hydrogen-bond acceptors (Lipinski definition) is 2. The molecule has 136 valence electrons. The molecule has 1 atom stereocenters.